The Morgan fingerprint density at radius 2 is 1.27 bits per heavy atom. The number of hydrogen-bond donors (Lipinski definition) is 0. The van der Waals surface area contributed by atoms with E-state index in [1.165, 1.54) is 76.3 Å². The summed E-state index contributed by atoms with van der Waals surface area (Å²) in [6, 6.07) is 2.34. The average molecular weight is 469 g/mol. The van der Waals surface area contributed by atoms with Gasteiger partial charge in [0.15, 0.2) is 17.4 Å². The predicted molar refractivity (Wildman–Crippen MR) is 126 cm³/mol. The van der Waals surface area contributed by atoms with E-state index in [1.54, 1.807) is 0 Å². The first-order valence-electron chi connectivity index (χ1n) is 13.0. The number of ether oxygens (including phenoxy) is 1. The topological polar surface area (TPSA) is 9.23 Å². The Bertz CT molecular complexity index is 708. The maximum Gasteiger partial charge on any atom is 0.387 e. The zero-order valence-electron chi connectivity index (χ0n) is 20.0. The Labute approximate surface area is 197 Å². The molecule has 2 saturated carbocycles. The molecule has 1 aromatic rings. The fraction of sp³-hybridized carbons (Fsp3) is 0.714. The molecular weight excluding hydrogens is 428 g/mol. The molecule has 2 aliphatic carbocycles. The summed E-state index contributed by atoms with van der Waals surface area (Å²) in [6.45, 7) is -1.02. The van der Waals surface area contributed by atoms with Crippen molar-refractivity contribution >= 4 is 0 Å². The van der Waals surface area contributed by atoms with Gasteiger partial charge in [-0.05, 0) is 86.3 Å². The fourth-order valence-corrected chi connectivity index (χ4v) is 5.82. The number of hydrogen-bond acceptors (Lipinski definition) is 1. The van der Waals surface area contributed by atoms with Crippen LogP contribution in [-0.2, 0) is 0 Å². The first kappa shape index (κ1) is 26.1. The second kappa shape index (κ2) is 13.4. The van der Waals surface area contributed by atoms with Gasteiger partial charge in [-0.25, -0.2) is 8.78 Å². The summed E-state index contributed by atoms with van der Waals surface area (Å²) in [5.74, 6) is -0.516. The molecule has 5 heteroatoms. The fourth-order valence-electron chi connectivity index (χ4n) is 5.82. The van der Waals surface area contributed by atoms with Crippen LogP contribution in [0.5, 0.6) is 5.75 Å². The van der Waals surface area contributed by atoms with E-state index in [1.807, 2.05) is 0 Å². The van der Waals surface area contributed by atoms with Crippen molar-refractivity contribution in [3.63, 3.8) is 0 Å². The highest BCUT2D eigenvalue weighted by molar-refractivity contribution is 5.33. The second-order valence-corrected chi connectivity index (χ2v) is 10.2. The summed E-state index contributed by atoms with van der Waals surface area (Å²) in [5.41, 5.74) is 0.563. The lowest BCUT2D eigenvalue weighted by Gasteiger charge is -2.32. The van der Waals surface area contributed by atoms with Gasteiger partial charge in [-0.1, -0.05) is 64.0 Å². The number of allylic oxidation sites excluding steroid dienone is 2. The molecule has 0 heterocycles. The van der Waals surface area contributed by atoms with E-state index in [2.05, 4.69) is 23.8 Å². The quantitative estimate of drug-likeness (QED) is 0.232. The van der Waals surface area contributed by atoms with E-state index in [-0.39, 0.29) is 5.92 Å². The van der Waals surface area contributed by atoms with Gasteiger partial charge in [0.05, 0.1) is 0 Å². The molecule has 0 amide bonds. The van der Waals surface area contributed by atoms with Crippen LogP contribution >= 0.6 is 0 Å². The summed E-state index contributed by atoms with van der Waals surface area (Å²) in [6.07, 6.45) is 21.7. The van der Waals surface area contributed by atoms with Crippen LogP contribution in [0.4, 0.5) is 17.6 Å². The van der Waals surface area contributed by atoms with Gasteiger partial charge >= 0.3 is 6.61 Å². The van der Waals surface area contributed by atoms with Crippen molar-refractivity contribution in [3.05, 3.63) is 41.5 Å². The van der Waals surface area contributed by atoms with Gasteiger partial charge in [0, 0.05) is 0 Å². The van der Waals surface area contributed by atoms with Crippen molar-refractivity contribution in [3.8, 4) is 5.75 Å². The SMILES string of the molecule is CCCC=CCCC1CCC(CCC2CCC(c3cc(F)c(OC(F)F)c(F)c3)CC2)CC1. The van der Waals surface area contributed by atoms with Gasteiger partial charge in [-0.15, -0.1) is 0 Å². The third-order valence-corrected chi connectivity index (χ3v) is 7.86. The van der Waals surface area contributed by atoms with Crippen LogP contribution in [-0.4, -0.2) is 6.61 Å². The van der Waals surface area contributed by atoms with Crippen molar-refractivity contribution < 1.29 is 22.3 Å². The first-order chi connectivity index (χ1) is 16.0. The second-order valence-electron chi connectivity index (χ2n) is 10.2. The number of rotatable bonds is 11. The molecule has 33 heavy (non-hydrogen) atoms. The maximum absolute atomic E-state index is 14.1. The maximum atomic E-state index is 14.1. The van der Waals surface area contributed by atoms with Crippen LogP contribution in [0.3, 0.4) is 0 Å². The highest BCUT2D eigenvalue weighted by atomic mass is 19.3. The van der Waals surface area contributed by atoms with Gasteiger partial charge in [-0.2, -0.15) is 8.78 Å². The smallest absolute Gasteiger partial charge is 0.387 e. The summed E-state index contributed by atoms with van der Waals surface area (Å²) in [5, 5.41) is 0. The van der Waals surface area contributed by atoms with Crippen molar-refractivity contribution in [1.82, 2.24) is 0 Å². The molecule has 0 aliphatic heterocycles. The molecule has 3 rings (SSSR count). The van der Waals surface area contributed by atoms with E-state index >= 15 is 0 Å². The van der Waals surface area contributed by atoms with Crippen molar-refractivity contribution in [1.29, 1.82) is 0 Å². The van der Waals surface area contributed by atoms with Gasteiger partial charge in [0.2, 0.25) is 0 Å². The van der Waals surface area contributed by atoms with Crippen molar-refractivity contribution in [2.24, 2.45) is 17.8 Å². The molecule has 2 fully saturated rings. The first-order valence-corrected chi connectivity index (χ1v) is 13.0. The molecule has 0 aromatic heterocycles. The monoisotopic (exact) mass is 468 g/mol. The molecule has 0 bridgehead atoms. The van der Waals surface area contributed by atoms with Gasteiger partial charge in [0.25, 0.3) is 0 Å². The van der Waals surface area contributed by atoms with Crippen LogP contribution < -0.4 is 4.74 Å². The zero-order valence-corrected chi connectivity index (χ0v) is 20.0. The van der Waals surface area contributed by atoms with E-state index < -0.39 is 24.0 Å². The molecule has 1 aromatic carbocycles. The lowest BCUT2D eigenvalue weighted by atomic mass is 9.74. The third-order valence-electron chi connectivity index (χ3n) is 7.86. The van der Waals surface area contributed by atoms with E-state index in [9.17, 15) is 17.6 Å². The average Bonchev–Trinajstić information content (AvgIpc) is 2.81. The lowest BCUT2D eigenvalue weighted by Crippen LogP contribution is -2.18. The van der Waals surface area contributed by atoms with Crippen LogP contribution in [0.15, 0.2) is 24.3 Å². The number of alkyl halides is 2. The van der Waals surface area contributed by atoms with E-state index in [0.717, 1.165) is 37.5 Å². The minimum atomic E-state index is -3.24. The highest BCUT2D eigenvalue weighted by Crippen LogP contribution is 2.41. The predicted octanol–water partition coefficient (Wildman–Crippen LogP) is 9.56. The van der Waals surface area contributed by atoms with Crippen molar-refractivity contribution in [2.75, 3.05) is 0 Å². The summed E-state index contributed by atoms with van der Waals surface area (Å²) in [7, 11) is 0. The third kappa shape index (κ3) is 8.33. The number of benzene rings is 1. The summed E-state index contributed by atoms with van der Waals surface area (Å²) < 4.78 is 56.8. The zero-order chi connectivity index (χ0) is 23.6. The summed E-state index contributed by atoms with van der Waals surface area (Å²) in [4.78, 5) is 0. The van der Waals surface area contributed by atoms with Gasteiger partial charge in [0.1, 0.15) is 0 Å². The lowest BCUT2D eigenvalue weighted by molar-refractivity contribution is -0.0546. The molecule has 2 aliphatic rings. The van der Waals surface area contributed by atoms with Gasteiger partial charge in [-0.3, -0.25) is 0 Å². The molecule has 0 atom stereocenters. The van der Waals surface area contributed by atoms with Crippen LogP contribution in [0.1, 0.15) is 108 Å². The van der Waals surface area contributed by atoms with Crippen LogP contribution in [0.25, 0.3) is 0 Å². The highest BCUT2D eigenvalue weighted by Gasteiger charge is 2.27. The molecule has 0 unspecified atom stereocenters. The summed E-state index contributed by atoms with van der Waals surface area (Å²) >= 11 is 0. The Kier molecular flexibility index (Phi) is 10.6. The van der Waals surface area contributed by atoms with E-state index in [4.69, 9.17) is 0 Å². The standard InChI is InChI=1S/C28H40F4O/c1-2-3-4-5-6-7-20-8-10-21(11-9-20)12-13-22-14-16-23(17-15-22)24-18-25(29)27(26(30)19-24)33-28(31)32/h4-5,18-23,28H,2-3,6-17H2,1H3. The molecular formula is C28H40F4O. The molecule has 0 saturated heterocycles. The van der Waals surface area contributed by atoms with Crippen molar-refractivity contribution in [2.45, 2.75) is 109 Å². The Morgan fingerprint density at radius 3 is 1.79 bits per heavy atom. The molecule has 0 N–H and O–H groups in total. The van der Waals surface area contributed by atoms with Gasteiger partial charge < -0.3 is 4.74 Å². The molecule has 186 valence electrons. The molecule has 1 nitrogen and oxygen atoms in total. The molecule has 0 spiro atoms. The Hall–Kier alpha value is -1.52. The number of halogens is 4. The Balaban J connectivity index is 1.35. The van der Waals surface area contributed by atoms with Crippen LogP contribution in [0, 0.1) is 29.4 Å². The Morgan fingerprint density at radius 1 is 0.788 bits per heavy atom. The number of unbranched alkanes of at least 4 members (excludes halogenated alkanes) is 1. The minimum absolute atomic E-state index is 0.0904. The minimum Gasteiger partial charge on any atom is -0.429 e. The largest absolute Gasteiger partial charge is 0.429 e. The molecule has 0 radical (unpaired) electrons. The van der Waals surface area contributed by atoms with Crippen LogP contribution in [0.2, 0.25) is 0 Å². The normalized spacial score (nSPS) is 26.2. The van der Waals surface area contributed by atoms with E-state index in [0.29, 0.717) is 11.5 Å².